The van der Waals surface area contributed by atoms with Crippen molar-refractivity contribution in [2.45, 2.75) is 64.3 Å². The standard InChI is InChI=1S/C22H33N3O2/c1-2-7-18-10-12-19(13-11-18)21(26)24-14-6-15-25(17-16-24)22(27)23-20-8-4-3-5-9-20/h10-13,20H,2-9,14-17H2,1H3,(H,23,27). The van der Waals surface area contributed by atoms with Crippen LogP contribution >= 0.6 is 0 Å². The second-order valence-electron chi connectivity index (χ2n) is 7.86. The number of nitrogens with one attached hydrogen (secondary N) is 1. The number of urea groups is 1. The van der Waals surface area contributed by atoms with E-state index in [2.05, 4.69) is 24.4 Å². The van der Waals surface area contributed by atoms with E-state index in [1.165, 1.54) is 24.8 Å². The van der Waals surface area contributed by atoms with Gasteiger partial charge in [-0.1, -0.05) is 44.7 Å². The highest BCUT2D eigenvalue weighted by Crippen LogP contribution is 2.18. The first kappa shape index (κ1) is 19.7. The van der Waals surface area contributed by atoms with Crippen LogP contribution in [0.4, 0.5) is 4.79 Å². The van der Waals surface area contributed by atoms with Gasteiger partial charge in [0, 0.05) is 37.8 Å². The van der Waals surface area contributed by atoms with Gasteiger partial charge < -0.3 is 15.1 Å². The van der Waals surface area contributed by atoms with Crippen LogP contribution in [0.15, 0.2) is 24.3 Å². The molecule has 1 saturated carbocycles. The second kappa shape index (κ2) is 9.77. The summed E-state index contributed by atoms with van der Waals surface area (Å²) in [6.07, 6.45) is 8.89. The monoisotopic (exact) mass is 371 g/mol. The van der Waals surface area contributed by atoms with Crippen LogP contribution in [0.25, 0.3) is 0 Å². The Morgan fingerprint density at radius 3 is 2.30 bits per heavy atom. The molecule has 1 aliphatic heterocycles. The van der Waals surface area contributed by atoms with Crippen LogP contribution in [0.2, 0.25) is 0 Å². The van der Waals surface area contributed by atoms with E-state index in [0.717, 1.165) is 44.2 Å². The van der Waals surface area contributed by atoms with Crippen molar-refractivity contribution in [2.24, 2.45) is 0 Å². The summed E-state index contributed by atoms with van der Waals surface area (Å²) < 4.78 is 0. The first-order valence-electron chi connectivity index (χ1n) is 10.6. The molecule has 148 valence electrons. The molecule has 1 aromatic carbocycles. The number of carbonyl (C=O) groups is 2. The lowest BCUT2D eigenvalue weighted by molar-refractivity contribution is 0.0762. The molecule has 0 unspecified atom stereocenters. The summed E-state index contributed by atoms with van der Waals surface area (Å²) in [6, 6.07) is 8.35. The number of aryl methyl sites for hydroxylation is 1. The van der Waals surface area contributed by atoms with E-state index in [1.54, 1.807) is 0 Å². The highest BCUT2D eigenvalue weighted by Gasteiger charge is 2.24. The van der Waals surface area contributed by atoms with E-state index in [-0.39, 0.29) is 11.9 Å². The molecule has 1 aliphatic carbocycles. The maximum Gasteiger partial charge on any atom is 0.317 e. The Kier molecular flexibility index (Phi) is 7.13. The lowest BCUT2D eigenvalue weighted by Gasteiger charge is -2.27. The zero-order valence-electron chi connectivity index (χ0n) is 16.6. The van der Waals surface area contributed by atoms with Gasteiger partial charge in [0.25, 0.3) is 5.91 Å². The molecule has 5 heteroatoms. The molecule has 27 heavy (non-hydrogen) atoms. The molecule has 3 amide bonds. The number of benzene rings is 1. The molecule has 3 rings (SSSR count). The van der Waals surface area contributed by atoms with Gasteiger partial charge in [-0.3, -0.25) is 4.79 Å². The summed E-state index contributed by atoms with van der Waals surface area (Å²) in [5.74, 6) is 0.0765. The van der Waals surface area contributed by atoms with E-state index in [4.69, 9.17) is 0 Å². The fourth-order valence-corrected chi connectivity index (χ4v) is 4.12. The van der Waals surface area contributed by atoms with Crippen LogP contribution in [0.1, 0.15) is 67.8 Å². The maximum atomic E-state index is 12.8. The fraction of sp³-hybridized carbons (Fsp3) is 0.636. The van der Waals surface area contributed by atoms with Crippen LogP contribution in [0, 0.1) is 0 Å². The molecule has 0 spiro atoms. The normalized spacial score (nSPS) is 18.9. The molecule has 2 fully saturated rings. The quantitative estimate of drug-likeness (QED) is 0.874. The van der Waals surface area contributed by atoms with Crippen molar-refractivity contribution in [2.75, 3.05) is 26.2 Å². The van der Waals surface area contributed by atoms with Crippen molar-refractivity contribution in [3.8, 4) is 0 Å². The van der Waals surface area contributed by atoms with Gasteiger partial charge in [0.15, 0.2) is 0 Å². The first-order valence-corrected chi connectivity index (χ1v) is 10.6. The van der Waals surface area contributed by atoms with E-state index in [9.17, 15) is 9.59 Å². The highest BCUT2D eigenvalue weighted by atomic mass is 16.2. The molecule has 0 bridgehead atoms. The minimum Gasteiger partial charge on any atom is -0.337 e. The first-order chi connectivity index (χ1) is 13.2. The van der Waals surface area contributed by atoms with Crippen molar-refractivity contribution >= 4 is 11.9 Å². The minimum absolute atomic E-state index is 0.0418. The summed E-state index contributed by atoms with van der Waals surface area (Å²) in [7, 11) is 0. The maximum absolute atomic E-state index is 12.8. The largest absolute Gasteiger partial charge is 0.337 e. The van der Waals surface area contributed by atoms with Gasteiger partial charge in [-0.15, -0.1) is 0 Å². The van der Waals surface area contributed by atoms with Crippen molar-refractivity contribution in [3.63, 3.8) is 0 Å². The zero-order chi connectivity index (χ0) is 19.1. The topological polar surface area (TPSA) is 52.7 Å². The number of carbonyl (C=O) groups excluding carboxylic acids is 2. The third kappa shape index (κ3) is 5.47. The fourth-order valence-electron chi connectivity index (χ4n) is 4.12. The van der Waals surface area contributed by atoms with E-state index < -0.39 is 0 Å². The van der Waals surface area contributed by atoms with Crippen molar-refractivity contribution < 1.29 is 9.59 Å². The molecular formula is C22H33N3O2. The Bertz CT molecular complexity index is 623. The molecule has 1 heterocycles. The summed E-state index contributed by atoms with van der Waals surface area (Å²) in [4.78, 5) is 29.2. The van der Waals surface area contributed by atoms with Crippen LogP contribution in [0.3, 0.4) is 0 Å². The summed E-state index contributed by atoms with van der Waals surface area (Å²) in [5, 5.41) is 3.19. The molecule has 0 radical (unpaired) electrons. The van der Waals surface area contributed by atoms with Crippen molar-refractivity contribution in [3.05, 3.63) is 35.4 Å². The molecule has 2 aliphatic rings. The van der Waals surface area contributed by atoms with Crippen LogP contribution in [0.5, 0.6) is 0 Å². The lowest BCUT2D eigenvalue weighted by atomic mass is 9.96. The molecule has 1 N–H and O–H groups in total. The van der Waals surface area contributed by atoms with E-state index >= 15 is 0 Å². The van der Waals surface area contributed by atoms with Gasteiger partial charge in [-0.2, -0.15) is 0 Å². The van der Waals surface area contributed by atoms with Crippen LogP contribution in [-0.4, -0.2) is 54.0 Å². The number of amides is 3. The lowest BCUT2D eigenvalue weighted by Crippen LogP contribution is -2.46. The number of hydrogen-bond acceptors (Lipinski definition) is 2. The molecule has 0 atom stereocenters. The second-order valence-corrected chi connectivity index (χ2v) is 7.86. The zero-order valence-corrected chi connectivity index (χ0v) is 16.6. The smallest absolute Gasteiger partial charge is 0.317 e. The van der Waals surface area contributed by atoms with Gasteiger partial charge in [-0.25, -0.2) is 4.79 Å². The average molecular weight is 372 g/mol. The van der Waals surface area contributed by atoms with Gasteiger partial charge in [-0.05, 0) is 43.4 Å². The summed E-state index contributed by atoms with van der Waals surface area (Å²) >= 11 is 0. The third-order valence-corrected chi connectivity index (χ3v) is 5.74. The van der Waals surface area contributed by atoms with Gasteiger partial charge in [0.05, 0.1) is 0 Å². The Morgan fingerprint density at radius 2 is 1.59 bits per heavy atom. The van der Waals surface area contributed by atoms with E-state index in [1.807, 2.05) is 21.9 Å². The number of nitrogens with zero attached hydrogens (tertiary/aromatic N) is 2. The molecule has 1 saturated heterocycles. The number of rotatable bonds is 4. The van der Waals surface area contributed by atoms with Crippen molar-refractivity contribution in [1.82, 2.24) is 15.1 Å². The predicted octanol–water partition coefficient (Wildman–Crippen LogP) is 3.83. The van der Waals surface area contributed by atoms with Gasteiger partial charge in [0.2, 0.25) is 0 Å². The predicted molar refractivity (Wildman–Crippen MR) is 108 cm³/mol. The Hall–Kier alpha value is -2.04. The summed E-state index contributed by atoms with van der Waals surface area (Å²) in [5.41, 5.74) is 2.02. The average Bonchev–Trinajstić information content (AvgIpc) is 2.95. The Balaban J connectivity index is 1.52. The molecule has 0 aromatic heterocycles. The number of hydrogen-bond donors (Lipinski definition) is 1. The van der Waals surface area contributed by atoms with Crippen LogP contribution < -0.4 is 5.32 Å². The van der Waals surface area contributed by atoms with Gasteiger partial charge >= 0.3 is 6.03 Å². The third-order valence-electron chi connectivity index (χ3n) is 5.74. The molecular weight excluding hydrogens is 338 g/mol. The van der Waals surface area contributed by atoms with E-state index in [0.29, 0.717) is 25.7 Å². The molecule has 5 nitrogen and oxygen atoms in total. The molecule has 1 aromatic rings. The SMILES string of the molecule is CCCc1ccc(C(=O)N2CCCN(C(=O)NC3CCCCC3)CC2)cc1. The summed E-state index contributed by atoms with van der Waals surface area (Å²) in [6.45, 7) is 4.80. The minimum atomic E-state index is 0.0418. The Labute approximate surface area is 163 Å². The highest BCUT2D eigenvalue weighted by molar-refractivity contribution is 5.94. The van der Waals surface area contributed by atoms with Crippen LogP contribution in [-0.2, 0) is 6.42 Å². The van der Waals surface area contributed by atoms with Gasteiger partial charge in [0.1, 0.15) is 0 Å². The Morgan fingerprint density at radius 1 is 0.926 bits per heavy atom. The van der Waals surface area contributed by atoms with Crippen molar-refractivity contribution in [1.29, 1.82) is 0 Å².